The Morgan fingerprint density at radius 3 is 2.14 bits per heavy atom. The Labute approximate surface area is 134 Å². The van der Waals surface area contributed by atoms with E-state index in [0.717, 1.165) is 25.7 Å². The molecule has 2 aromatic rings. The van der Waals surface area contributed by atoms with Gasteiger partial charge in [-0.1, -0.05) is 80.9 Å². The molecule has 2 nitrogen and oxygen atoms in total. The van der Waals surface area contributed by atoms with Crippen LogP contribution in [0.15, 0.2) is 60.7 Å². The molecule has 0 aromatic heterocycles. The van der Waals surface area contributed by atoms with Gasteiger partial charge in [-0.25, -0.2) is 0 Å². The molecule has 0 amide bonds. The van der Waals surface area contributed by atoms with Crippen molar-refractivity contribution in [2.75, 3.05) is 0 Å². The third-order valence-electron chi connectivity index (χ3n) is 3.92. The third-order valence-corrected chi connectivity index (χ3v) is 3.92. The van der Waals surface area contributed by atoms with Crippen molar-refractivity contribution in [2.45, 2.75) is 51.7 Å². The summed E-state index contributed by atoms with van der Waals surface area (Å²) in [4.78, 5) is 6.04. The zero-order chi connectivity index (χ0) is 15.6. The first-order chi connectivity index (χ1) is 10.8. The average molecular weight is 297 g/mol. The molecule has 22 heavy (non-hydrogen) atoms. The molecule has 2 heteroatoms. The first-order valence-electron chi connectivity index (χ1n) is 8.33. The van der Waals surface area contributed by atoms with Gasteiger partial charge in [0, 0.05) is 6.04 Å². The van der Waals surface area contributed by atoms with Crippen LogP contribution in [0.25, 0.3) is 0 Å². The molecule has 0 aliphatic heterocycles. The van der Waals surface area contributed by atoms with E-state index in [1.54, 1.807) is 0 Å². The maximum atomic E-state index is 6.04. The van der Waals surface area contributed by atoms with Gasteiger partial charge in [-0.2, -0.15) is 5.48 Å². The molecule has 2 atom stereocenters. The Balaban J connectivity index is 1.92. The summed E-state index contributed by atoms with van der Waals surface area (Å²) in [6.45, 7) is 4.39. The molecule has 1 unspecified atom stereocenters. The molecule has 2 rings (SSSR count). The standard InChI is InChI=1S/C20H27NO/c1-3-11-20(18-14-9-6-10-15-18)22-21-19(4-2)16-17-12-7-5-8-13-17/h5-10,12-15,19-21H,3-4,11,16H2,1-2H3/t19?,20-/m1/s1. The van der Waals surface area contributed by atoms with Crippen LogP contribution in [0.4, 0.5) is 0 Å². The summed E-state index contributed by atoms with van der Waals surface area (Å²) in [7, 11) is 0. The molecule has 0 aliphatic rings. The van der Waals surface area contributed by atoms with E-state index in [1.807, 2.05) is 6.07 Å². The molecule has 0 bridgehead atoms. The van der Waals surface area contributed by atoms with Crippen molar-refractivity contribution in [1.29, 1.82) is 0 Å². The van der Waals surface area contributed by atoms with Gasteiger partial charge in [-0.3, -0.25) is 4.84 Å². The van der Waals surface area contributed by atoms with E-state index in [1.165, 1.54) is 11.1 Å². The summed E-state index contributed by atoms with van der Waals surface area (Å²) in [6, 6.07) is 21.4. The second-order valence-corrected chi connectivity index (χ2v) is 5.72. The fourth-order valence-electron chi connectivity index (χ4n) is 2.57. The Morgan fingerprint density at radius 2 is 1.55 bits per heavy atom. The highest BCUT2D eigenvalue weighted by Crippen LogP contribution is 2.22. The fourth-order valence-corrected chi connectivity index (χ4v) is 2.57. The molecular formula is C20H27NO. The quantitative estimate of drug-likeness (QED) is 0.652. The van der Waals surface area contributed by atoms with Crippen LogP contribution >= 0.6 is 0 Å². The highest BCUT2D eigenvalue weighted by molar-refractivity contribution is 5.18. The number of hydrogen-bond donors (Lipinski definition) is 1. The third kappa shape index (κ3) is 5.28. The van der Waals surface area contributed by atoms with Gasteiger partial charge in [0.05, 0.1) is 0 Å². The summed E-state index contributed by atoms with van der Waals surface area (Å²) < 4.78 is 0. The first kappa shape index (κ1) is 16.7. The van der Waals surface area contributed by atoms with Crippen molar-refractivity contribution in [3.63, 3.8) is 0 Å². The summed E-state index contributed by atoms with van der Waals surface area (Å²) in [5.41, 5.74) is 5.89. The van der Waals surface area contributed by atoms with Crippen LogP contribution in [0, 0.1) is 0 Å². The fraction of sp³-hybridized carbons (Fsp3) is 0.400. The van der Waals surface area contributed by atoms with Gasteiger partial charge >= 0.3 is 0 Å². The number of benzene rings is 2. The molecule has 0 aliphatic carbocycles. The second-order valence-electron chi connectivity index (χ2n) is 5.72. The highest BCUT2D eigenvalue weighted by atomic mass is 16.7. The van der Waals surface area contributed by atoms with Crippen molar-refractivity contribution >= 4 is 0 Å². The van der Waals surface area contributed by atoms with E-state index in [2.05, 4.69) is 73.9 Å². The summed E-state index contributed by atoms with van der Waals surface area (Å²) in [6.07, 6.45) is 4.29. The van der Waals surface area contributed by atoms with Crippen LogP contribution in [0.5, 0.6) is 0 Å². The van der Waals surface area contributed by atoms with Crippen molar-refractivity contribution in [1.82, 2.24) is 5.48 Å². The molecule has 2 aromatic carbocycles. The molecule has 0 heterocycles. The maximum absolute atomic E-state index is 6.04. The van der Waals surface area contributed by atoms with Crippen molar-refractivity contribution in [2.24, 2.45) is 0 Å². The van der Waals surface area contributed by atoms with Crippen LogP contribution in [-0.4, -0.2) is 6.04 Å². The van der Waals surface area contributed by atoms with E-state index in [4.69, 9.17) is 4.84 Å². The monoisotopic (exact) mass is 297 g/mol. The molecular weight excluding hydrogens is 270 g/mol. The lowest BCUT2D eigenvalue weighted by Gasteiger charge is -2.23. The van der Waals surface area contributed by atoms with Crippen LogP contribution in [0.1, 0.15) is 50.3 Å². The Kier molecular flexibility index (Phi) is 7.14. The lowest BCUT2D eigenvalue weighted by atomic mass is 10.0. The number of hydrogen-bond acceptors (Lipinski definition) is 2. The first-order valence-corrected chi connectivity index (χ1v) is 8.33. The minimum absolute atomic E-state index is 0.121. The predicted octanol–water partition coefficient (Wildman–Crippen LogP) is 5.07. The zero-order valence-electron chi connectivity index (χ0n) is 13.7. The summed E-state index contributed by atoms with van der Waals surface area (Å²) in [5, 5.41) is 0. The van der Waals surface area contributed by atoms with Crippen LogP contribution in [-0.2, 0) is 11.3 Å². The van der Waals surface area contributed by atoms with Gasteiger partial charge < -0.3 is 0 Å². The van der Waals surface area contributed by atoms with E-state index in [0.29, 0.717) is 6.04 Å². The molecule has 118 valence electrons. The second kappa shape index (κ2) is 9.39. The van der Waals surface area contributed by atoms with Gasteiger partial charge in [0.1, 0.15) is 6.10 Å². The van der Waals surface area contributed by atoms with Crippen LogP contribution in [0.2, 0.25) is 0 Å². The van der Waals surface area contributed by atoms with Crippen molar-refractivity contribution < 1.29 is 4.84 Å². The Bertz CT molecular complexity index is 512. The van der Waals surface area contributed by atoms with Gasteiger partial charge in [0.25, 0.3) is 0 Å². The molecule has 0 saturated carbocycles. The van der Waals surface area contributed by atoms with E-state index in [-0.39, 0.29) is 6.10 Å². The van der Waals surface area contributed by atoms with E-state index >= 15 is 0 Å². The predicted molar refractivity (Wildman–Crippen MR) is 92.5 cm³/mol. The highest BCUT2D eigenvalue weighted by Gasteiger charge is 2.14. The topological polar surface area (TPSA) is 21.3 Å². The number of nitrogens with one attached hydrogen (secondary N) is 1. The van der Waals surface area contributed by atoms with E-state index < -0.39 is 0 Å². The maximum Gasteiger partial charge on any atom is 0.104 e. The van der Waals surface area contributed by atoms with Crippen LogP contribution < -0.4 is 5.48 Å². The Hall–Kier alpha value is -1.64. The summed E-state index contributed by atoms with van der Waals surface area (Å²) >= 11 is 0. The molecule has 1 N–H and O–H groups in total. The molecule has 0 saturated heterocycles. The molecule has 0 radical (unpaired) electrons. The Morgan fingerprint density at radius 1 is 0.909 bits per heavy atom. The van der Waals surface area contributed by atoms with Crippen molar-refractivity contribution in [3.05, 3.63) is 71.8 Å². The zero-order valence-corrected chi connectivity index (χ0v) is 13.7. The lowest BCUT2D eigenvalue weighted by molar-refractivity contribution is -0.0505. The smallest absolute Gasteiger partial charge is 0.104 e. The van der Waals surface area contributed by atoms with Gasteiger partial charge in [0.15, 0.2) is 0 Å². The SMILES string of the molecule is CCC[C@@H](ONC(CC)Cc1ccccc1)c1ccccc1. The van der Waals surface area contributed by atoms with E-state index in [9.17, 15) is 0 Å². The molecule has 0 spiro atoms. The average Bonchev–Trinajstić information content (AvgIpc) is 2.59. The van der Waals surface area contributed by atoms with Gasteiger partial charge in [-0.15, -0.1) is 0 Å². The minimum atomic E-state index is 0.121. The van der Waals surface area contributed by atoms with Crippen molar-refractivity contribution in [3.8, 4) is 0 Å². The normalized spacial score (nSPS) is 13.7. The summed E-state index contributed by atoms with van der Waals surface area (Å²) in [5.74, 6) is 0. The molecule has 0 fully saturated rings. The van der Waals surface area contributed by atoms with Gasteiger partial charge in [-0.05, 0) is 30.4 Å². The minimum Gasteiger partial charge on any atom is -0.293 e. The number of rotatable bonds is 9. The van der Waals surface area contributed by atoms with Gasteiger partial charge in [0.2, 0.25) is 0 Å². The van der Waals surface area contributed by atoms with Crippen LogP contribution in [0.3, 0.4) is 0 Å². The number of hydroxylamine groups is 1. The largest absolute Gasteiger partial charge is 0.293 e. The lowest BCUT2D eigenvalue weighted by Crippen LogP contribution is -2.32.